The van der Waals surface area contributed by atoms with E-state index in [1.165, 1.54) is 0 Å². The number of hydrogen-bond donors (Lipinski definition) is 2. The molecule has 0 aromatic carbocycles. The highest BCUT2D eigenvalue weighted by atomic mass is 16.5. The van der Waals surface area contributed by atoms with Crippen molar-refractivity contribution in [1.29, 1.82) is 5.26 Å². The van der Waals surface area contributed by atoms with Crippen molar-refractivity contribution in [3.05, 3.63) is 23.5 Å². The van der Waals surface area contributed by atoms with Crippen LogP contribution in [0.3, 0.4) is 0 Å². The van der Waals surface area contributed by atoms with Crippen LogP contribution in [0.2, 0.25) is 0 Å². The van der Waals surface area contributed by atoms with Crippen LogP contribution in [0.5, 0.6) is 0 Å². The molecular formula is C7H9N3O. The molecule has 0 fully saturated rings. The average Bonchev–Trinajstić information content (AvgIpc) is 2.32. The lowest BCUT2D eigenvalue weighted by Gasteiger charge is -1.90. The Bertz CT molecular complexity index is 284. The van der Waals surface area contributed by atoms with Gasteiger partial charge in [0, 0.05) is 19.8 Å². The Hall–Kier alpha value is -1.31. The Morgan fingerprint density at radius 1 is 1.82 bits per heavy atom. The molecule has 4 heteroatoms. The average molecular weight is 151 g/mol. The van der Waals surface area contributed by atoms with Crippen molar-refractivity contribution in [3.8, 4) is 6.07 Å². The van der Waals surface area contributed by atoms with Gasteiger partial charge in [-0.3, -0.25) is 0 Å². The molecule has 0 atom stereocenters. The summed E-state index contributed by atoms with van der Waals surface area (Å²) in [4.78, 5) is 0. The van der Waals surface area contributed by atoms with Crippen LogP contribution in [-0.4, -0.2) is 9.77 Å². The van der Waals surface area contributed by atoms with E-state index in [1.807, 2.05) is 11.5 Å². The summed E-state index contributed by atoms with van der Waals surface area (Å²) in [6.45, 7) is 0.371. The smallest absolute Gasteiger partial charge is 0.120 e. The quantitative estimate of drug-likeness (QED) is 0.600. The van der Waals surface area contributed by atoms with E-state index in [0.717, 1.165) is 5.56 Å². The summed E-state index contributed by atoms with van der Waals surface area (Å²) in [6, 6.07) is 3.75. The van der Waals surface area contributed by atoms with E-state index in [-0.39, 0.29) is 0 Å². The third-order valence-corrected chi connectivity index (χ3v) is 1.46. The number of nitrogens with zero attached hydrogens (tertiary/aromatic N) is 2. The number of aryl methyl sites for hydroxylation is 1. The molecule has 58 valence electrons. The lowest BCUT2D eigenvalue weighted by molar-refractivity contribution is 0.161. The first-order chi connectivity index (χ1) is 5.27. The molecule has 0 aliphatic rings. The molecule has 0 amide bonds. The van der Waals surface area contributed by atoms with Crippen molar-refractivity contribution in [1.82, 2.24) is 10.0 Å². The van der Waals surface area contributed by atoms with Gasteiger partial charge in [0.2, 0.25) is 0 Å². The summed E-state index contributed by atoms with van der Waals surface area (Å²) in [5.74, 6) is 0. The third-order valence-electron chi connectivity index (χ3n) is 1.46. The lowest BCUT2D eigenvalue weighted by atomic mass is 10.3. The van der Waals surface area contributed by atoms with Gasteiger partial charge in [0.05, 0.1) is 0 Å². The molecule has 1 heterocycles. The second-order valence-electron chi connectivity index (χ2n) is 2.29. The van der Waals surface area contributed by atoms with Crippen molar-refractivity contribution >= 4 is 0 Å². The molecule has 0 spiro atoms. The van der Waals surface area contributed by atoms with Gasteiger partial charge in [-0.05, 0) is 11.6 Å². The fourth-order valence-corrected chi connectivity index (χ4v) is 0.932. The minimum absolute atomic E-state index is 0.371. The molecule has 0 saturated heterocycles. The van der Waals surface area contributed by atoms with Crippen molar-refractivity contribution < 1.29 is 5.21 Å². The maximum absolute atomic E-state index is 8.55. The molecule has 4 nitrogen and oxygen atoms in total. The van der Waals surface area contributed by atoms with E-state index < -0.39 is 0 Å². The minimum Gasteiger partial charge on any atom is -0.342 e. The molecule has 1 aromatic heterocycles. The number of aromatic nitrogens is 1. The summed E-state index contributed by atoms with van der Waals surface area (Å²) in [5, 5.41) is 16.9. The van der Waals surface area contributed by atoms with Gasteiger partial charge < -0.3 is 9.77 Å². The molecule has 1 aromatic rings. The van der Waals surface area contributed by atoms with Gasteiger partial charge in [0.25, 0.3) is 0 Å². The predicted molar refractivity (Wildman–Crippen MR) is 38.8 cm³/mol. The maximum atomic E-state index is 8.55. The van der Waals surface area contributed by atoms with E-state index >= 15 is 0 Å². The zero-order valence-corrected chi connectivity index (χ0v) is 6.20. The van der Waals surface area contributed by atoms with Gasteiger partial charge in [-0.1, -0.05) is 0 Å². The van der Waals surface area contributed by atoms with Crippen LogP contribution in [0.25, 0.3) is 0 Å². The Kier molecular flexibility index (Phi) is 2.26. The maximum Gasteiger partial charge on any atom is 0.120 e. The molecule has 0 aliphatic carbocycles. The standard InChI is InChI=1S/C7H9N3O/c1-10-5-6(4-9-11)2-7(10)3-8/h2,5,9,11H,4H2,1H3. The zero-order chi connectivity index (χ0) is 8.27. The summed E-state index contributed by atoms with van der Waals surface area (Å²) in [7, 11) is 1.79. The van der Waals surface area contributed by atoms with E-state index in [4.69, 9.17) is 10.5 Å². The number of nitriles is 1. The number of hydroxylamine groups is 1. The highest BCUT2D eigenvalue weighted by molar-refractivity contribution is 5.28. The van der Waals surface area contributed by atoms with Crippen molar-refractivity contribution in [2.75, 3.05) is 0 Å². The van der Waals surface area contributed by atoms with Crippen LogP contribution in [0.1, 0.15) is 11.3 Å². The van der Waals surface area contributed by atoms with E-state index in [2.05, 4.69) is 0 Å². The van der Waals surface area contributed by atoms with Crippen molar-refractivity contribution in [2.45, 2.75) is 6.54 Å². The van der Waals surface area contributed by atoms with Gasteiger partial charge in [-0.2, -0.15) is 5.26 Å². The molecule has 0 radical (unpaired) electrons. The zero-order valence-electron chi connectivity index (χ0n) is 6.20. The minimum atomic E-state index is 0.371. The van der Waals surface area contributed by atoms with Crippen LogP contribution < -0.4 is 5.48 Å². The second kappa shape index (κ2) is 3.19. The molecule has 0 saturated carbocycles. The van der Waals surface area contributed by atoms with Crippen molar-refractivity contribution in [3.63, 3.8) is 0 Å². The van der Waals surface area contributed by atoms with Crippen LogP contribution in [0, 0.1) is 11.3 Å². The number of rotatable bonds is 2. The second-order valence-corrected chi connectivity index (χ2v) is 2.29. The summed E-state index contributed by atoms with van der Waals surface area (Å²) in [6.07, 6.45) is 1.79. The molecule has 11 heavy (non-hydrogen) atoms. The Morgan fingerprint density at radius 3 is 3.00 bits per heavy atom. The van der Waals surface area contributed by atoms with Gasteiger partial charge in [-0.25, -0.2) is 5.48 Å². The monoisotopic (exact) mass is 151 g/mol. The largest absolute Gasteiger partial charge is 0.342 e. The predicted octanol–water partition coefficient (Wildman–Crippen LogP) is 0.376. The molecule has 0 bridgehead atoms. The van der Waals surface area contributed by atoms with E-state index in [0.29, 0.717) is 12.2 Å². The van der Waals surface area contributed by atoms with Gasteiger partial charge in [0.1, 0.15) is 11.8 Å². The summed E-state index contributed by atoms with van der Waals surface area (Å²) >= 11 is 0. The topological polar surface area (TPSA) is 61.0 Å². The number of nitrogens with one attached hydrogen (secondary N) is 1. The normalized spacial score (nSPS) is 9.55. The molecule has 0 aliphatic heterocycles. The van der Waals surface area contributed by atoms with Crippen molar-refractivity contribution in [2.24, 2.45) is 7.05 Å². The van der Waals surface area contributed by atoms with Crippen LogP contribution in [0.15, 0.2) is 12.3 Å². The summed E-state index contributed by atoms with van der Waals surface area (Å²) < 4.78 is 1.71. The fraction of sp³-hybridized carbons (Fsp3) is 0.286. The molecular weight excluding hydrogens is 142 g/mol. The SMILES string of the molecule is Cn1cc(CNO)cc1C#N. The Balaban J connectivity index is 2.89. The molecule has 0 unspecified atom stereocenters. The van der Waals surface area contributed by atoms with E-state index in [9.17, 15) is 0 Å². The van der Waals surface area contributed by atoms with Gasteiger partial charge in [-0.15, -0.1) is 0 Å². The highest BCUT2D eigenvalue weighted by Gasteiger charge is 1.99. The fourth-order valence-electron chi connectivity index (χ4n) is 0.932. The van der Waals surface area contributed by atoms with Crippen LogP contribution in [-0.2, 0) is 13.6 Å². The Morgan fingerprint density at radius 2 is 2.55 bits per heavy atom. The van der Waals surface area contributed by atoms with E-state index in [1.54, 1.807) is 23.9 Å². The number of hydrogen-bond acceptors (Lipinski definition) is 3. The third kappa shape index (κ3) is 1.58. The first kappa shape index (κ1) is 7.79. The highest BCUT2D eigenvalue weighted by Crippen LogP contribution is 2.04. The molecule has 2 N–H and O–H groups in total. The molecule has 1 rings (SSSR count). The van der Waals surface area contributed by atoms with Crippen LogP contribution >= 0.6 is 0 Å². The first-order valence-electron chi connectivity index (χ1n) is 3.20. The van der Waals surface area contributed by atoms with Gasteiger partial charge in [0.15, 0.2) is 0 Å². The van der Waals surface area contributed by atoms with Gasteiger partial charge >= 0.3 is 0 Å². The first-order valence-corrected chi connectivity index (χ1v) is 3.20. The summed E-state index contributed by atoms with van der Waals surface area (Å²) in [5.41, 5.74) is 3.51. The Labute approximate surface area is 64.6 Å². The van der Waals surface area contributed by atoms with Crippen LogP contribution in [0.4, 0.5) is 0 Å². The lowest BCUT2D eigenvalue weighted by Crippen LogP contribution is -2.04.